The summed E-state index contributed by atoms with van der Waals surface area (Å²) in [6.45, 7) is 2.18. The summed E-state index contributed by atoms with van der Waals surface area (Å²) in [5.74, 6) is 0.651. The van der Waals surface area contributed by atoms with Crippen LogP contribution in [0.4, 0.5) is 0 Å². The lowest BCUT2D eigenvalue weighted by molar-refractivity contribution is 0.271. The van der Waals surface area contributed by atoms with Crippen molar-refractivity contribution >= 4 is 23.2 Å². The van der Waals surface area contributed by atoms with Crippen molar-refractivity contribution in [3.05, 3.63) is 69.7 Å². The summed E-state index contributed by atoms with van der Waals surface area (Å²) in [5.41, 5.74) is 2.57. The fourth-order valence-electron chi connectivity index (χ4n) is 3.03. The van der Waals surface area contributed by atoms with Gasteiger partial charge in [0, 0.05) is 22.1 Å². The van der Waals surface area contributed by atoms with Gasteiger partial charge in [-0.1, -0.05) is 53.5 Å². The molecule has 1 saturated carbocycles. The summed E-state index contributed by atoms with van der Waals surface area (Å²) in [6.07, 6.45) is 2.35. The zero-order chi connectivity index (χ0) is 14.8. The maximum absolute atomic E-state index is 6.25. The maximum Gasteiger partial charge on any atom is 0.0453 e. The van der Waals surface area contributed by atoms with Crippen LogP contribution in [0.15, 0.2) is 48.5 Å². The van der Waals surface area contributed by atoms with Crippen LogP contribution in [0.5, 0.6) is 0 Å². The topological polar surface area (TPSA) is 12.0 Å². The fraction of sp³-hybridized carbons (Fsp3) is 0.333. The number of rotatable bonds is 4. The molecule has 3 heteroatoms. The van der Waals surface area contributed by atoms with E-state index in [-0.39, 0.29) is 6.04 Å². The smallest absolute Gasteiger partial charge is 0.0453 e. The third-order valence-corrected chi connectivity index (χ3v) is 4.93. The molecule has 0 bridgehead atoms. The Balaban J connectivity index is 1.55. The quantitative estimate of drug-likeness (QED) is 0.774. The van der Waals surface area contributed by atoms with Crippen molar-refractivity contribution in [1.29, 1.82) is 0 Å². The number of benzene rings is 2. The van der Waals surface area contributed by atoms with Gasteiger partial charge in [-0.15, -0.1) is 0 Å². The second-order valence-electron chi connectivity index (χ2n) is 5.83. The molecule has 0 aromatic heterocycles. The first-order valence-corrected chi connectivity index (χ1v) is 8.15. The van der Waals surface area contributed by atoms with Crippen molar-refractivity contribution in [2.24, 2.45) is 0 Å². The van der Waals surface area contributed by atoms with Crippen LogP contribution in [0, 0.1) is 0 Å². The van der Waals surface area contributed by atoms with Crippen LogP contribution in [0.3, 0.4) is 0 Å². The molecule has 0 spiro atoms. The second-order valence-corrected chi connectivity index (χ2v) is 6.67. The SMILES string of the molecule is C[C@@H](NC1CC(c2ccc(Cl)cc2)C1)c1ccccc1Cl. The van der Waals surface area contributed by atoms with Gasteiger partial charge in [0.25, 0.3) is 0 Å². The normalized spacial score (nSPS) is 22.6. The first-order valence-electron chi connectivity index (χ1n) is 7.39. The van der Waals surface area contributed by atoms with Crippen LogP contribution in [0.2, 0.25) is 10.0 Å². The Labute approximate surface area is 136 Å². The Hall–Kier alpha value is -1.02. The van der Waals surface area contributed by atoms with Gasteiger partial charge in [0.15, 0.2) is 0 Å². The lowest BCUT2D eigenvalue weighted by Gasteiger charge is -2.38. The van der Waals surface area contributed by atoms with Crippen molar-refractivity contribution in [1.82, 2.24) is 5.32 Å². The predicted octanol–water partition coefficient (Wildman–Crippen LogP) is 5.59. The average Bonchev–Trinajstić information content (AvgIpc) is 2.44. The van der Waals surface area contributed by atoms with E-state index in [9.17, 15) is 0 Å². The molecule has 1 aliphatic carbocycles. The highest BCUT2D eigenvalue weighted by atomic mass is 35.5. The van der Waals surface area contributed by atoms with E-state index < -0.39 is 0 Å². The van der Waals surface area contributed by atoms with Crippen molar-refractivity contribution in [2.75, 3.05) is 0 Å². The summed E-state index contributed by atoms with van der Waals surface area (Å²) in [4.78, 5) is 0. The minimum Gasteiger partial charge on any atom is -0.307 e. The van der Waals surface area contributed by atoms with Gasteiger partial charge in [0.1, 0.15) is 0 Å². The van der Waals surface area contributed by atoms with Gasteiger partial charge in [-0.25, -0.2) is 0 Å². The zero-order valence-electron chi connectivity index (χ0n) is 12.0. The highest BCUT2D eigenvalue weighted by Gasteiger charge is 2.31. The molecular weight excluding hydrogens is 301 g/mol. The lowest BCUT2D eigenvalue weighted by atomic mass is 9.75. The molecule has 0 saturated heterocycles. The van der Waals surface area contributed by atoms with Crippen LogP contribution >= 0.6 is 23.2 Å². The standard InChI is InChI=1S/C18H19Cl2N/c1-12(17-4-2-3-5-18(17)20)21-16-10-14(11-16)13-6-8-15(19)9-7-13/h2-9,12,14,16,21H,10-11H2,1H3/t12-,14?,16?/m1/s1. The molecule has 0 amide bonds. The van der Waals surface area contributed by atoms with Crippen LogP contribution in [0.1, 0.15) is 42.9 Å². The second kappa shape index (κ2) is 6.39. The zero-order valence-corrected chi connectivity index (χ0v) is 13.5. The molecule has 110 valence electrons. The molecule has 0 aliphatic heterocycles. The fourth-order valence-corrected chi connectivity index (χ4v) is 3.46. The van der Waals surface area contributed by atoms with Crippen molar-refractivity contribution in [3.8, 4) is 0 Å². The van der Waals surface area contributed by atoms with E-state index in [2.05, 4.69) is 30.4 Å². The van der Waals surface area contributed by atoms with E-state index >= 15 is 0 Å². The van der Waals surface area contributed by atoms with Gasteiger partial charge < -0.3 is 5.32 Å². The van der Waals surface area contributed by atoms with Crippen LogP contribution < -0.4 is 5.32 Å². The number of hydrogen-bond donors (Lipinski definition) is 1. The highest BCUT2D eigenvalue weighted by Crippen LogP contribution is 2.38. The van der Waals surface area contributed by atoms with Crippen molar-refractivity contribution in [2.45, 2.75) is 37.8 Å². The first kappa shape index (κ1) is 14.9. The molecule has 1 atom stereocenters. The molecule has 0 heterocycles. The summed E-state index contributed by atoms with van der Waals surface area (Å²) in [6, 6.07) is 17.1. The molecule has 2 aromatic rings. The van der Waals surface area contributed by atoms with Gasteiger partial charge in [-0.2, -0.15) is 0 Å². The highest BCUT2D eigenvalue weighted by molar-refractivity contribution is 6.31. The molecule has 1 N–H and O–H groups in total. The minimum atomic E-state index is 0.287. The van der Waals surface area contributed by atoms with E-state index in [1.54, 1.807) is 0 Å². The molecule has 2 aromatic carbocycles. The molecule has 21 heavy (non-hydrogen) atoms. The van der Waals surface area contributed by atoms with Gasteiger partial charge in [0.05, 0.1) is 0 Å². The Morgan fingerprint density at radius 3 is 2.33 bits per heavy atom. The van der Waals surface area contributed by atoms with E-state index in [1.807, 2.05) is 30.3 Å². The van der Waals surface area contributed by atoms with Crippen molar-refractivity contribution in [3.63, 3.8) is 0 Å². The largest absolute Gasteiger partial charge is 0.307 e. The average molecular weight is 320 g/mol. The van der Waals surface area contributed by atoms with Gasteiger partial charge in [0.2, 0.25) is 0 Å². The molecular formula is C18H19Cl2N. The Bertz CT molecular complexity index is 603. The molecule has 0 unspecified atom stereocenters. The molecule has 3 rings (SSSR count). The van der Waals surface area contributed by atoms with E-state index in [0.717, 1.165) is 10.0 Å². The maximum atomic E-state index is 6.25. The molecule has 1 fully saturated rings. The third kappa shape index (κ3) is 3.42. The van der Waals surface area contributed by atoms with E-state index in [0.29, 0.717) is 12.0 Å². The van der Waals surface area contributed by atoms with Gasteiger partial charge >= 0.3 is 0 Å². The lowest BCUT2D eigenvalue weighted by Crippen LogP contribution is -2.41. The van der Waals surface area contributed by atoms with Gasteiger partial charge in [-0.3, -0.25) is 0 Å². The number of nitrogens with one attached hydrogen (secondary N) is 1. The Kier molecular flexibility index (Phi) is 4.54. The molecule has 0 radical (unpaired) electrons. The monoisotopic (exact) mass is 319 g/mol. The van der Waals surface area contributed by atoms with E-state index in [1.165, 1.54) is 24.0 Å². The Morgan fingerprint density at radius 2 is 1.67 bits per heavy atom. The van der Waals surface area contributed by atoms with Crippen molar-refractivity contribution < 1.29 is 0 Å². The minimum absolute atomic E-state index is 0.287. The van der Waals surface area contributed by atoms with Crippen LogP contribution in [0.25, 0.3) is 0 Å². The van der Waals surface area contributed by atoms with E-state index in [4.69, 9.17) is 23.2 Å². The third-order valence-electron chi connectivity index (χ3n) is 4.34. The molecule has 1 aliphatic rings. The summed E-state index contributed by atoms with van der Waals surface area (Å²) < 4.78 is 0. The first-order chi connectivity index (χ1) is 10.1. The summed E-state index contributed by atoms with van der Waals surface area (Å²) >= 11 is 12.2. The van der Waals surface area contributed by atoms with Gasteiger partial charge in [-0.05, 0) is 55.0 Å². The summed E-state index contributed by atoms with van der Waals surface area (Å²) in [5, 5.41) is 5.32. The number of halogens is 2. The summed E-state index contributed by atoms with van der Waals surface area (Å²) in [7, 11) is 0. The Morgan fingerprint density at radius 1 is 1.00 bits per heavy atom. The van der Waals surface area contributed by atoms with Crippen LogP contribution in [-0.4, -0.2) is 6.04 Å². The van der Waals surface area contributed by atoms with Crippen LogP contribution in [-0.2, 0) is 0 Å². The number of hydrogen-bond acceptors (Lipinski definition) is 1. The predicted molar refractivity (Wildman–Crippen MR) is 90.2 cm³/mol. The molecule has 1 nitrogen and oxygen atoms in total.